The Kier molecular flexibility index (Phi) is 4.83. The first-order chi connectivity index (χ1) is 13.5. The molecule has 8 heteroatoms. The van der Waals surface area contributed by atoms with Crippen molar-refractivity contribution < 1.29 is 14.0 Å². The van der Waals surface area contributed by atoms with E-state index in [1.807, 2.05) is 31.2 Å². The third-order valence-electron chi connectivity index (χ3n) is 4.57. The van der Waals surface area contributed by atoms with Gasteiger partial charge in [0.2, 0.25) is 11.8 Å². The zero-order valence-corrected chi connectivity index (χ0v) is 15.8. The second-order valence-electron chi connectivity index (χ2n) is 6.65. The molecule has 0 spiro atoms. The van der Waals surface area contributed by atoms with Crippen LogP contribution >= 0.6 is 11.6 Å². The SMILES string of the molecule is Cc1ccc(N2C[C@H](c3nnc(NC(=O)c4cccc(Cl)c4)o3)CC2=O)cc1. The normalized spacial score (nSPS) is 16.4. The molecule has 1 aliphatic heterocycles. The summed E-state index contributed by atoms with van der Waals surface area (Å²) >= 11 is 5.90. The minimum atomic E-state index is -0.401. The maximum absolute atomic E-state index is 12.4. The van der Waals surface area contributed by atoms with E-state index in [4.69, 9.17) is 16.0 Å². The van der Waals surface area contributed by atoms with Gasteiger partial charge >= 0.3 is 6.01 Å². The summed E-state index contributed by atoms with van der Waals surface area (Å²) in [6.45, 7) is 2.45. The lowest BCUT2D eigenvalue weighted by atomic mass is 10.1. The fourth-order valence-corrected chi connectivity index (χ4v) is 3.29. The molecule has 3 aromatic rings. The molecule has 7 nitrogen and oxygen atoms in total. The summed E-state index contributed by atoms with van der Waals surface area (Å²) in [4.78, 5) is 26.4. The number of rotatable bonds is 4. The molecule has 1 fully saturated rings. The Hall–Kier alpha value is -3.19. The minimum Gasteiger partial charge on any atom is -0.407 e. The highest BCUT2D eigenvalue weighted by Crippen LogP contribution is 2.31. The van der Waals surface area contributed by atoms with Crippen molar-refractivity contribution in [3.8, 4) is 0 Å². The zero-order valence-electron chi connectivity index (χ0n) is 15.1. The summed E-state index contributed by atoms with van der Waals surface area (Å²) < 4.78 is 5.58. The van der Waals surface area contributed by atoms with Crippen molar-refractivity contribution in [1.82, 2.24) is 10.2 Å². The molecule has 142 valence electrons. The van der Waals surface area contributed by atoms with Gasteiger partial charge in [-0.25, -0.2) is 0 Å². The molecule has 0 unspecified atom stereocenters. The first kappa shape index (κ1) is 18.2. The number of aromatic nitrogens is 2. The molecule has 0 radical (unpaired) electrons. The Bertz CT molecular complexity index is 1030. The van der Waals surface area contributed by atoms with E-state index < -0.39 is 5.91 Å². The van der Waals surface area contributed by atoms with Crippen molar-refractivity contribution in [3.05, 3.63) is 70.6 Å². The number of carbonyl (C=O) groups excluding carboxylic acids is 2. The number of amides is 2. The van der Waals surface area contributed by atoms with Crippen LogP contribution in [-0.2, 0) is 4.79 Å². The van der Waals surface area contributed by atoms with Crippen LogP contribution in [0.15, 0.2) is 52.9 Å². The first-order valence-corrected chi connectivity index (χ1v) is 9.15. The molecule has 1 N–H and O–H groups in total. The van der Waals surface area contributed by atoms with E-state index in [1.54, 1.807) is 29.2 Å². The van der Waals surface area contributed by atoms with Crippen molar-refractivity contribution in [2.45, 2.75) is 19.3 Å². The van der Waals surface area contributed by atoms with Gasteiger partial charge in [0.1, 0.15) is 0 Å². The Morgan fingerprint density at radius 3 is 2.75 bits per heavy atom. The lowest BCUT2D eigenvalue weighted by molar-refractivity contribution is -0.117. The predicted molar refractivity (Wildman–Crippen MR) is 105 cm³/mol. The number of benzene rings is 2. The van der Waals surface area contributed by atoms with Crippen LogP contribution in [0.25, 0.3) is 0 Å². The molecule has 1 atom stereocenters. The smallest absolute Gasteiger partial charge is 0.322 e. The van der Waals surface area contributed by atoms with Crippen LogP contribution in [0.3, 0.4) is 0 Å². The van der Waals surface area contributed by atoms with Gasteiger partial charge in [0, 0.05) is 29.2 Å². The van der Waals surface area contributed by atoms with E-state index in [2.05, 4.69) is 15.5 Å². The summed E-state index contributed by atoms with van der Waals surface area (Å²) in [5, 5.41) is 10.9. The summed E-state index contributed by atoms with van der Waals surface area (Å²) in [7, 11) is 0. The van der Waals surface area contributed by atoms with Gasteiger partial charge in [0.15, 0.2) is 0 Å². The van der Waals surface area contributed by atoms with E-state index in [1.165, 1.54) is 0 Å². The van der Waals surface area contributed by atoms with Gasteiger partial charge in [0.05, 0.1) is 5.92 Å². The summed E-state index contributed by atoms with van der Waals surface area (Å²) in [6.07, 6.45) is 0.276. The summed E-state index contributed by atoms with van der Waals surface area (Å²) in [6, 6.07) is 14.3. The molecule has 2 aromatic carbocycles. The maximum Gasteiger partial charge on any atom is 0.322 e. The number of hydrogen-bond donors (Lipinski definition) is 1. The van der Waals surface area contributed by atoms with Crippen LogP contribution < -0.4 is 10.2 Å². The molecule has 4 rings (SSSR count). The number of carbonyl (C=O) groups is 2. The highest BCUT2D eigenvalue weighted by atomic mass is 35.5. The van der Waals surface area contributed by atoms with Crippen LogP contribution in [0.4, 0.5) is 11.7 Å². The average molecular weight is 397 g/mol. The number of halogens is 1. The lowest BCUT2D eigenvalue weighted by Crippen LogP contribution is -2.24. The average Bonchev–Trinajstić information content (AvgIpc) is 3.29. The molecular formula is C20H17ClN4O3. The molecule has 2 heterocycles. The third kappa shape index (κ3) is 3.75. The van der Waals surface area contributed by atoms with Gasteiger partial charge in [-0.05, 0) is 37.3 Å². The molecule has 1 aliphatic rings. The summed E-state index contributed by atoms with van der Waals surface area (Å²) in [5.41, 5.74) is 2.35. The summed E-state index contributed by atoms with van der Waals surface area (Å²) in [5.74, 6) is -0.305. The van der Waals surface area contributed by atoms with Gasteiger partial charge < -0.3 is 9.32 Å². The van der Waals surface area contributed by atoms with Crippen LogP contribution in [-0.4, -0.2) is 28.6 Å². The number of nitrogens with one attached hydrogen (secondary N) is 1. The lowest BCUT2D eigenvalue weighted by Gasteiger charge is -2.16. The minimum absolute atomic E-state index is 0.00318. The molecule has 28 heavy (non-hydrogen) atoms. The van der Waals surface area contributed by atoms with Crippen LogP contribution in [0.5, 0.6) is 0 Å². The van der Waals surface area contributed by atoms with Gasteiger partial charge in [-0.3, -0.25) is 14.9 Å². The highest BCUT2D eigenvalue weighted by molar-refractivity contribution is 6.31. The Morgan fingerprint density at radius 1 is 1.21 bits per heavy atom. The third-order valence-corrected chi connectivity index (χ3v) is 4.80. The molecule has 0 aliphatic carbocycles. The zero-order chi connectivity index (χ0) is 19.7. The predicted octanol–water partition coefficient (Wildman–Crippen LogP) is 3.80. The van der Waals surface area contributed by atoms with E-state index >= 15 is 0 Å². The van der Waals surface area contributed by atoms with E-state index in [0.29, 0.717) is 23.0 Å². The number of anilines is 2. The van der Waals surface area contributed by atoms with Crippen molar-refractivity contribution in [2.24, 2.45) is 0 Å². The second kappa shape index (κ2) is 7.44. The Balaban J connectivity index is 1.45. The Morgan fingerprint density at radius 2 is 2.00 bits per heavy atom. The molecule has 2 amide bonds. The van der Waals surface area contributed by atoms with Gasteiger partial charge in [0.25, 0.3) is 5.91 Å². The van der Waals surface area contributed by atoms with E-state index in [0.717, 1.165) is 11.3 Å². The second-order valence-corrected chi connectivity index (χ2v) is 7.09. The van der Waals surface area contributed by atoms with Crippen molar-refractivity contribution in [3.63, 3.8) is 0 Å². The molecule has 1 saturated heterocycles. The fraction of sp³-hybridized carbons (Fsp3) is 0.200. The molecule has 0 bridgehead atoms. The molecule has 0 saturated carbocycles. The van der Waals surface area contributed by atoms with Gasteiger partial charge in [-0.1, -0.05) is 40.5 Å². The number of aryl methyl sites for hydroxylation is 1. The number of hydrogen-bond acceptors (Lipinski definition) is 5. The first-order valence-electron chi connectivity index (χ1n) is 8.77. The van der Waals surface area contributed by atoms with E-state index in [-0.39, 0.29) is 24.3 Å². The molecule has 1 aromatic heterocycles. The van der Waals surface area contributed by atoms with Crippen molar-refractivity contribution in [2.75, 3.05) is 16.8 Å². The molecular weight excluding hydrogens is 380 g/mol. The Labute approximate surface area is 166 Å². The van der Waals surface area contributed by atoms with Crippen LogP contribution in [0.2, 0.25) is 5.02 Å². The topological polar surface area (TPSA) is 88.3 Å². The van der Waals surface area contributed by atoms with Crippen molar-refractivity contribution in [1.29, 1.82) is 0 Å². The quantitative estimate of drug-likeness (QED) is 0.724. The largest absolute Gasteiger partial charge is 0.407 e. The maximum atomic E-state index is 12.4. The van der Waals surface area contributed by atoms with Crippen LogP contribution in [0.1, 0.15) is 34.2 Å². The van der Waals surface area contributed by atoms with Crippen molar-refractivity contribution >= 4 is 35.1 Å². The van der Waals surface area contributed by atoms with Crippen LogP contribution in [0, 0.1) is 6.92 Å². The van der Waals surface area contributed by atoms with Gasteiger partial charge in [-0.2, -0.15) is 0 Å². The standard InChI is InChI=1S/C20H17ClN4O3/c1-12-5-7-16(8-6-12)25-11-14(10-17(25)26)19-23-24-20(28-19)22-18(27)13-3-2-4-15(21)9-13/h2-9,14H,10-11H2,1H3,(H,22,24,27)/t14-/m1/s1. The monoisotopic (exact) mass is 396 g/mol. The fourth-order valence-electron chi connectivity index (χ4n) is 3.10. The van der Waals surface area contributed by atoms with E-state index in [9.17, 15) is 9.59 Å². The highest BCUT2D eigenvalue weighted by Gasteiger charge is 2.35. The number of nitrogens with zero attached hydrogens (tertiary/aromatic N) is 3. The van der Waals surface area contributed by atoms with Gasteiger partial charge in [-0.15, -0.1) is 5.10 Å².